The van der Waals surface area contributed by atoms with E-state index < -0.39 is 17.9 Å². The average molecular weight is 549 g/mol. The fraction of sp³-hybridized carbons (Fsp3) is 0.519. The van der Waals surface area contributed by atoms with Gasteiger partial charge in [0.2, 0.25) is 0 Å². The number of piperazine rings is 1. The summed E-state index contributed by atoms with van der Waals surface area (Å²) in [6, 6.07) is 7.11. The first-order valence-corrected chi connectivity index (χ1v) is 13.0. The van der Waals surface area contributed by atoms with Crippen LogP contribution in [-0.4, -0.2) is 106 Å². The van der Waals surface area contributed by atoms with Crippen LogP contribution in [0.1, 0.15) is 25.3 Å². The van der Waals surface area contributed by atoms with E-state index >= 15 is 0 Å². The van der Waals surface area contributed by atoms with E-state index in [1.165, 1.54) is 7.11 Å². The summed E-state index contributed by atoms with van der Waals surface area (Å²) < 4.78 is 16.5. The minimum atomic E-state index is -0.780. The number of rotatable bonds is 9. The quantitative estimate of drug-likeness (QED) is 0.371. The summed E-state index contributed by atoms with van der Waals surface area (Å²) in [7, 11) is 4.81. The number of halogens is 1. The molecule has 208 valence electrons. The molecular formula is C27H37ClN4O6. The Hall–Kier alpha value is -3.08. The van der Waals surface area contributed by atoms with E-state index in [-0.39, 0.29) is 30.4 Å². The number of nitrogens with one attached hydrogen (secondary N) is 1. The molecule has 3 rings (SSSR count). The smallest absolute Gasteiger partial charge is 0.336 e. The van der Waals surface area contributed by atoms with Gasteiger partial charge >= 0.3 is 18.0 Å². The third kappa shape index (κ3) is 6.86. The van der Waals surface area contributed by atoms with E-state index in [9.17, 15) is 14.4 Å². The molecule has 0 spiro atoms. The van der Waals surface area contributed by atoms with Crippen molar-refractivity contribution in [3.8, 4) is 0 Å². The van der Waals surface area contributed by atoms with Gasteiger partial charge in [-0.15, -0.1) is 0 Å². The second-order valence-corrected chi connectivity index (χ2v) is 9.69. The van der Waals surface area contributed by atoms with Crippen LogP contribution in [-0.2, 0) is 23.8 Å². The summed E-state index contributed by atoms with van der Waals surface area (Å²) in [5.41, 5.74) is 2.22. The maximum absolute atomic E-state index is 13.2. The van der Waals surface area contributed by atoms with Gasteiger partial charge in [-0.3, -0.25) is 4.90 Å². The predicted molar refractivity (Wildman–Crippen MR) is 144 cm³/mol. The maximum atomic E-state index is 13.2. The zero-order valence-electron chi connectivity index (χ0n) is 22.7. The fourth-order valence-corrected chi connectivity index (χ4v) is 4.92. The normalized spacial score (nSPS) is 18.3. The van der Waals surface area contributed by atoms with Crippen LogP contribution in [0, 0.1) is 0 Å². The number of esters is 2. The molecule has 2 heterocycles. The molecule has 11 heteroatoms. The Kier molecular flexibility index (Phi) is 10.6. The number of carbonyl (C=O) groups is 3. The van der Waals surface area contributed by atoms with E-state index in [4.69, 9.17) is 25.8 Å². The highest BCUT2D eigenvalue weighted by molar-refractivity contribution is 6.31. The van der Waals surface area contributed by atoms with Gasteiger partial charge in [-0.05, 0) is 25.5 Å². The van der Waals surface area contributed by atoms with Gasteiger partial charge in [0.15, 0.2) is 0 Å². The second-order valence-electron chi connectivity index (χ2n) is 9.28. The Bertz CT molecular complexity index is 1090. The van der Waals surface area contributed by atoms with Crippen molar-refractivity contribution in [2.24, 2.45) is 0 Å². The number of urea groups is 1. The molecule has 1 atom stereocenters. The first kappa shape index (κ1) is 29.5. The Morgan fingerprint density at radius 1 is 1.08 bits per heavy atom. The lowest BCUT2D eigenvalue weighted by Crippen LogP contribution is -2.51. The summed E-state index contributed by atoms with van der Waals surface area (Å²) in [4.78, 5) is 43.9. The number of methoxy groups -OCH3 is 1. The molecule has 2 aliphatic heterocycles. The number of nitrogens with zero attached hydrogens (tertiary/aromatic N) is 3. The Balaban J connectivity index is 1.77. The number of amides is 2. The monoisotopic (exact) mass is 548 g/mol. The van der Waals surface area contributed by atoms with Crippen LogP contribution in [0.3, 0.4) is 0 Å². The van der Waals surface area contributed by atoms with Crippen LogP contribution >= 0.6 is 11.6 Å². The van der Waals surface area contributed by atoms with E-state index in [2.05, 4.69) is 10.2 Å². The number of hydrogen-bond acceptors (Lipinski definition) is 8. The first-order valence-electron chi connectivity index (χ1n) is 12.7. The fourth-order valence-electron chi connectivity index (χ4n) is 4.67. The molecule has 0 saturated carbocycles. The SMILES string of the molecule is CCOC(=O)C1=C(COCCN2CCN(C(=O)N(C)C)CC2)NC(C)=C(C(=O)OC)C1c1ccccc1Cl. The lowest BCUT2D eigenvalue weighted by Gasteiger charge is -2.36. The van der Waals surface area contributed by atoms with Crippen molar-refractivity contribution in [2.45, 2.75) is 19.8 Å². The van der Waals surface area contributed by atoms with Crippen LogP contribution in [0.4, 0.5) is 4.79 Å². The van der Waals surface area contributed by atoms with Gasteiger partial charge in [0.25, 0.3) is 0 Å². The summed E-state index contributed by atoms with van der Waals surface area (Å²) in [6.07, 6.45) is 0. The van der Waals surface area contributed by atoms with Gasteiger partial charge in [-0.2, -0.15) is 0 Å². The highest BCUT2D eigenvalue weighted by atomic mass is 35.5. The van der Waals surface area contributed by atoms with Gasteiger partial charge in [0, 0.05) is 57.5 Å². The molecule has 1 unspecified atom stereocenters. The van der Waals surface area contributed by atoms with E-state index in [0.717, 1.165) is 13.1 Å². The van der Waals surface area contributed by atoms with Crippen molar-refractivity contribution in [3.63, 3.8) is 0 Å². The number of benzene rings is 1. The molecule has 38 heavy (non-hydrogen) atoms. The molecule has 1 saturated heterocycles. The number of dihydropyridines is 1. The molecule has 1 fully saturated rings. The minimum Gasteiger partial charge on any atom is -0.466 e. The number of carbonyl (C=O) groups excluding carboxylic acids is 3. The summed E-state index contributed by atoms with van der Waals surface area (Å²) >= 11 is 6.54. The van der Waals surface area contributed by atoms with Crippen molar-refractivity contribution in [1.82, 2.24) is 20.0 Å². The molecule has 0 radical (unpaired) electrons. The van der Waals surface area contributed by atoms with Crippen molar-refractivity contribution in [3.05, 3.63) is 57.4 Å². The molecule has 1 N–H and O–H groups in total. The van der Waals surface area contributed by atoms with Gasteiger partial charge in [0.1, 0.15) is 0 Å². The summed E-state index contributed by atoms with van der Waals surface area (Å²) in [5, 5.41) is 3.60. The zero-order chi connectivity index (χ0) is 27.8. The lowest BCUT2D eigenvalue weighted by atomic mass is 9.80. The Morgan fingerprint density at radius 3 is 2.37 bits per heavy atom. The lowest BCUT2D eigenvalue weighted by molar-refractivity contribution is -0.139. The second kappa shape index (κ2) is 13.6. The van der Waals surface area contributed by atoms with Crippen molar-refractivity contribution in [2.75, 3.05) is 73.7 Å². The highest BCUT2D eigenvalue weighted by Crippen LogP contribution is 2.41. The maximum Gasteiger partial charge on any atom is 0.336 e. The van der Waals surface area contributed by atoms with Gasteiger partial charge in [-0.1, -0.05) is 29.8 Å². The highest BCUT2D eigenvalue weighted by Gasteiger charge is 2.39. The topological polar surface area (TPSA) is 101 Å². The molecule has 1 aromatic rings. The van der Waals surface area contributed by atoms with Crippen LogP contribution < -0.4 is 5.32 Å². The van der Waals surface area contributed by atoms with Crippen molar-refractivity contribution >= 4 is 29.6 Å². The number of hydrogen-bond donors (Lipinski definition) is 1. The minimum absolute atomic E-state index is 0.0190. The Labute approximate surface area is 229 Å². The van der Waals surface area contributed by atoms with Crippen molar-refractivity contribution < 1.29 is 28.6 Å². The molecule has 2 amide bonds. The third-order valence-corrected chi connectivity index (χ3v) is 6.93. The van der Waals surface area contributed by atoms with E-state index in [0.29, 0.717) is 48.2 Å². The first-order chi connectivity index (χ1) is 18.2. The molecule has 0 bridgehead atoms. The van der Waals surface area contributed by atoms with Crippen molar-refractivity contribution in [1.29, 1.82) is 0 Å². The Morgan fingerprint density at radius 2 is 1.76 bits per heavy atom. The van der Waals surface area contributed by atoms with Crippen LogP contribution in [0.25, 0.3) is 0 Å². The van der Waals surface area contributed by atoms with Gasteiger partial charge in [0.05, 0.1) is 49.7 Å². The average Bonchev–Trinajstić information content (AvgIpc) is 2.90. The van der Waals surface area contributed by atoms with Crippen LogP contribution in [0.2, 0.25) is 5.02 Å². The predicted octanol–water partition coefficient (Wildman–Crippen LogP) is 2.61. The number of allylic oxidation sites excluding steroid dienone is 1. The van der Waals surface area contributed by atoms with E-state index in [1.807, 2.05) is 4.90 Å². The molecule has 2 aliphatic rings. The largest absolute Gasteiger partial charge is 0.466 e. The van der Waals surface area contributed by atoms with Gasteiger partial charge < -0.3 is 29.3 Å². The molecule has 0 aliphatic carbocycles. The molecule has 10 nitrogen and oxygen atoms in total. The third-order valence-electron chi connectivity index (χ3n) is 6.59. The summed E-state index contributed by atoms with van der Waals surface area (Å²) in [5.74, 6) is -1.90. The zero-order valence-corrected chi connectivity index (χ0v) is 23.5. The molecule has 0 aromatic heterocycles. The van der Waals surface area contributed by atoms with E-state index in [1.54, 1.807) is 57.1 Å². The van der Waals surface area contributed by atoms with Crippen LogP contribution in [0.5, 0.6) is 0 Å². The molecular weight excluding hydrogens is 512 g/mol. The van der Waals surface area contributed by atoms with Gasteiger partial charge in [-0.25, -0.2) is 14.4 Å². The van der Waals surface area contributed by atoms with Crippen LogP contribution in [0.15, 0.2) is 46.8 Å². The standard InChI is InChI=1S/C27H37ClN4O6/c1-6-38-26(34)24-21(17-37-16-15-31-11-13-32(14-12-31)27(35)30(3)4)29-18(2)22(25(33)36-5)23(24)19-9-7-8-10-20(19)28/h7-10,23,29H,6,11-17H2,1-5H3. The molecule has 1 aromatic carbocycles. The summed E-state index contributed by atoms with van der Waals surface area (Å²) in [6.45, 7) is 7.72. The number of ether oxygens (including phenoxy) is 3.